The van der Waals surface area contributed by atoms with Gasteiger partial charge in [-0.3, -0.25) is 4.79 Å². The van der Waals surface area contributed by atoms with Gasteiger partial charge in [-0.2, -0.15) is 8.78 Å². The zero-order valence-corrected chi connectivity index (χ0v) is 13.7. The molecule has 2 aromatic carbocycles. The molecule has 0 radical (unpaired) electrons. The Morgan fingerprint density at radius 1 is 1.00 bits per heavy atom. The number of amides is 1. The summed E-state index contributed by atoms with van der Waals surface area (Å²) < 4.78 is 33.7. The Morgan fingerprint density at radius 3 is 2.04 bits per heavy atom. The lowest BCUT2D eigenvalue weighted by atomic mass is 10.1. The van der Waals surface area contributed by atoms with Crippen LogP contribution in [-0.4, -0.2) is 31.6 Å². The van der Waals surface area contributed by atoms with Gasteiger partial charge in [0, 0.05) is 12.6 Å². The van der Waals surface area contributed by atoms with Gasteiger partial charge in [0.05, 0.1) is 13.2 Å². The van der Waals surface area contributed by atoms with Crippen molar-refractivity contribution in [1.29, 1.82) is 0 Å². The highest BCUT2D eigenvalue weighted by Gasteiger charge is 2.19. The highest BCUT2D eigenvalue weighted by molar-refractivity contribution is 5.94. The molecule has 0 aliphatic rings. The summed E-state index contributed by atoms with van der Waals surface area (Å²) in [7, 11) is 3.29. The standard InChI is InChI=1S/C18H19F2NO3/c1-12(13-4-8-15(23-3)9-5-13)21(2)17(22)14-6-10-16(11-7-14)24-18(19)20/h4-12,18H,1-3H3. The lowest BCUT2D eigenvalue weighted by molar-refractivity contribution is -0.0498. The largest absolute Gasteiger partial charge is 0.497 e. The zero-order chi connectivity index (χ0) is 17.7. The molecule has 4 nitrogen and oxygen atoms in total. The van der Waals surface area contributed by atoms with Crippen LogP contribution in [0.3, 0.4) is 0 Å². The zero-order valence-electron chi connectivity index (χ0n) is 13.7. The minimum atomic E-state index is -2.88. The van der Waals surface area contributed by atoms with E-state index in [1.807, 2.05) is 31.2 Å². The quantitative estimate of drug-likeness (QED) is 0.797. The molecule has 128 valence electrons. The Balaban J connectivity index is 2.09. The lowest BCUT2D eigenvalue weighted by Gasteiger charge is -2.25. The van der Waals surface area contributed by atoms with Crippen LogP contribution in [0.4, 0.5) is 8.78 Å². The molecule has 6 heteroatoms. The molecule has 2 aromatic rings. The average Bonchev–Trinajstić information content (AvgIpc) is 2.60. The summed E-state index contributed by atoms with van der Waals surface area (Å²) in [5, 5.41) is 0. The van der Waals surface area contributed by atoms with Crippen LogP contribution >= 0.6 is 0 Å². The van der Waals surface area contributed by atoms with E-state index in [2.05, 4.69) is 4.74 Å². The third kappa shape index (κ3) is 4.22. The number of rotatable bonds is 6. The van der Waals surface area contributed by atoms with Crippen LogP contribution in [0.5, 0.6) is 11.5 Å². The van der Waals surface area contributed by atoms with E-state index in [9.17, 15) is 13.6 Å². The molecule has 0 fully saturated rings. The second-order valence-electron chi connectivity index (χ2n) is 5.27. The molecule has 2 rings (SSSR count). The molecule has 0 saturated heterocycles. The van der Waals surface area contributed by atoms with Gasteiger partial charge in [-0.05, 0) is 48.9 Å². The van der Waals surface area contributed by atoms with E-state index >= 15 is 0 Å². The molecule has 0 heterocycles. The predicted octanol–water partition coefficient (Wildman–Crippen LogP) is 4.13. The van der Waals surface area contributed by atoms with E-state index in [1.54, 1.807) is 19.1 Å². The number of hydrogen-bond acceptors (Lipinski definition) is 3. The van der Waals surface area contributed by atoms with Crippen molar-refractivity contribution in [3.8, 4) is 11.5 Å². The molecule has 0 aliphatic carbocycles. The van der Waals surface area contributed by atoms with E-state index in [-0.39, 0.29) is 17.7 Å². The number of ether oxygens (including phenoxy) is 2. The normalized spacial score (nSPS) is 11.9. The molecule has 0 N–H and O–H groups in total. The molecule has 0 spiro atoms. The van der Waals surface area contributed by atoms with Gasteiger partial charge >= 0.3 is 6.61 Å². The molecule has 0 aliphatic heterocycles. The highest BCUT2D eigenvalue weighted by Crippen LogP contribution is 2.24. The predicted molar refractivity (Wildman–Crippen MR) is 86.6 cm³/mol. The molecular weight excluding hydrogens is 316 g/mol. The molecule has 0 aromatic heterocycles. The third-order valence-corrected chi connectivity index (χ3v) is 3.83. The van der Waals surface area contributed by atoms with Crippen LogP contribution in [-0.2, 0) is 0 Å². The van der Waals surface area contributed by atoms with Gasteiger partial charge in [0.15, 0.2) is 0 Å². The van der Waals surface area contributed by atoms with Crippen molar-refractivity contribution in [2.75, 3.05) is 14.2 Å². The van der Waals surface area contributed by atoms with Gasteiger partial charge in [0.25, 0.3) is 5.91 Å². The number of carbonyl (C=O) groups is 1. The first kappa shape index (κ1) is 17.7. The third-order valence-electron chi connectivity index (χ3n) is 3.83. The molecule has 1 amide bonds. The van der Waals surface area contributed by atoms with Crippen LogP contribution < -0.4 is 9.47 Å². The van der Waals surface area contributed by atoms with Gasteiger partial charge in [0.1, 0.15) is 11.5 Å². The molecule has 0 saturated carbocycles. The van der Waals surface area contributed by atoms with Crippen molar-refractivity contribution in [1.82, 2.24) is 4.90 Å². The summed E-state index contributed by atoms with van der Waals surface area (Å²) in [5.74, 6) is 0.559. The number of carbonyl (C=O) groups excluding carboxylic acids is 1. The summed E-state index contributed by atoms with van der Waals surface area (Å²) >= 11 is 0. The maximum atomic E-state index is 12.5. The Kier molecular flexibility index (Phi) is 5.73. The monoisotopic (exact) mass is 335 g/mol. The number of benzene rings is 2. The average molecular weight is 335 g/mol. The van der Waals surface area contributed by atoms with Gasteiger partial charge in [-0.25, -0.2) is 0 Å². The van der Waals surface area contributed by atoms with E-state index in [4.69, 9.17) is 4.74 Å². The second kappa shape index (κ2) is 7.77. The Bertz CT molecular complexity index is 672. The van der Waals surface area contributed by atoms with Crippen LogP contribution in [0.1, 0.15) is 28.9 Å². The molecule has 1 unspecified atom stereocenters. The summed E-state index contributed by atoms with van der Waals surface area (Å²) in [6, 6.07) is 13.0. The van der Waals surface area contributed by atoms with Crippen molar-refractivity contribution in [3.05, 3.63) is 59.7 Å². The van der Waals surface area contributed by atoms with E-state index in [1.165, 1.54) is 24.3 Å². The number of halogens is 2. The maximum Gasteiger partial charge on any atom is 0.387 e. The molecule has 1 atom stereocenters. The SMILES string of the molecule is COc1ccc(C(C)N(C)C(=O)c2ccc(OC(F)F)cc2)cc1. The first-order valence-corrected chi connectivity index (χ1v) is 7.38. The summed E-state index contributed by atoms with van der Waals surface area (Å²) in [4.78, 5) is 14.1. The fourth-order valence-electron chi connectivity index (χ4n) is 2.26. The van der Waals surface area contributed by atoms with Crippen molar-refractivity contribution < 1.29 is 23.0 Å². The van der Waals surface area contributed by atoms with Gasteiger partial charge in [0.2, 0.25) is 0 Å². The summed E-state index contributed by atoms with van der Waals surface area (Å²) in [6.07, 6.45) is 0. The van der Waals surface area contributed by atoms with Crippen LogP contribution in [0, 0.1) is 0 Å². The highest BCUT2D eigenvalue weighted by atomic mass is 19.3. The maximum absolute atomic E-state index is 12.5. The number of methoxy groups -OCH3 is 1. The molecule has 24 heavy (non-hydrogen) atoms. The van der Waals surface area contributed by atoms with E-state index in [0.717, 1.165) is 11.3 Å². The van der Waals surface area contributed by atoms with Crippen molar-refractivity contribution in [2.45, 2.75) is 19.6 Å². The minimum Gasteiger partial charge on any atom is -0.497 e. The van der Waals surface area contributed by atoms with E-state index in [0.29, 0.717) is 5.56 Å². The van der Waals surface area contributed by atoms with Crippen molar-refractivity contribution in [3.63, 3.8) is 0 Å². The first-order chi connectivity index (χ1) is 11.4. The Labute approximate surface area is 139 Å². The van der Waals surface area contributed by atoms with E-state index < -0.39 is 6.61 Å². The summed E-state index contributed by atoms with van der Waals surface area (Å²) in [5.41, 5.74) is 1.36. The first-order valence-electron chi connectivity index (χ1n) is 7.38. The lowest BCUT2D eigenvalue weighted by Crippen LogP contribution is -2.29. The second-order valence-corrected chi connectivity index (χ2v) is 5.27. The molecular formula is C18H19F2NO3. The summed E-state index contributed by atoms with van der Waals surface area (Å²) in [6.45, 7) is -0.974. The van der Waals surface area contributed by atoms with Crippen LogP contribution in [0.15, 0.2) is 48.5 Å². The smallest absolute Gasteiger partial charge is 0.387 e. The minimum absolute atomic E-state index is 0.0207. The topological polar surface area (TPSA) is 38.8 Å². The fourth-order valence-corrected chi connectivity index (χ4v) is 2.26. The Morgan fingerprint density at radius 2 is 1.54 bits per heavy atom. The van der Waals surface area contributed by atoms with Crippen LogP contribution in [0.2, 0.25) is 0 Å². The van der Waals surface area contributed by atoms with Crippen molar-refractivity contribution >= 4 is 5.91 Å². The van der Waals surface area contributed by atoms with Gasteiger partial charge < -0.3 is 14.4 Å². The van der Waals surface area contributed by atoms with Crippen molar-refractivity contribution in [2.24, 2.45) is 0 Å². The number of hydrogen-bond donors (Lipinski definition) is 0. The van der Waals surface area contributed by atoms with Crippen LogP contribution in [0.25, 0.3) is 0 Å². The number of alkyl halides is 2. The fraction of sp³-hybridized carbons (Fsp3) is 0.278. The van der Waals surface area contributed by atoms with Gasteiger partial charge in [-0.1, -0.05) is 12.1 Å². The molecule has 0 bridgehead atoms. The van der Waals surface area contributed by atoms with Gasteiger partial charge in [-0.15, -0.1) is 0 Å². The Hall–Kier alpha value is -2.63. The number of nitrogens with zero attached hydrogens (tertiary/aromatic N) is 1.